The lowest BCUT2D eigenvalue weighted by molar-refractivity contribution is -0.116. The Kier molecular flexibility index (Phi) is 5.20. The average Bonchev–Trinajstić information content (AvgIpc) is 3.14. The van der Waals surface area contributed by atoms with Crippen molar-refractivity contribution in [2.75, 3.05) is 11.9 Å². The molecule has 1 atom stereocenters. The van der Waals surface area contributed by atoms with Crippen molar-refractivity contribution < 1.29 is 4.79 Å². The van der Waals surface area contributed by atoms with Crippen LogP contribution in [0.15, 0.2) is 29.2 Å². The molecule has 2 aliphatic rings. The zero-order valence-electron chi connectivity index (χ0n) is 12.4. The fraction of sp³-hybridized carbons (Fsp3) is 0.588. The van der Waals surface area contributed by atoms with E-state index in [9.17, 15) is 4.79 Å². The number of amides is 1. The van der Waals surface area contributed by atoms with Crippen LogP contribution in [-0.2, 0) is 4.79 Å². The second-order valence-electron chi connectivity index (χ2n) is 6.09. The molecule has 0 aromatic heterocycles. The number of hydrogen-bond donors (Lipinski definition) is 2. The van der Waals surface area contributed by atoms with Crippen LogP contribution >= 0.6 is 11.8 Å². The van der Waals surface area contributed by atoms with Crippen LogP contribution in [0.2, 0.25) is 0 Å². The number of hydrogen-bond acceptors (Lipinski definition) is 3. The SMILES string of the molecule is O=C(CC1CCCN1)Nc1ccc(SC2CCCC2)cc1. The van der Waals surface area contributed by atoms with E-state index in [4.69, 9.17) is 0 Å². The van der Waals surface area contributed by atoms with Crippen LogP contribution in [0.5, 0.6) is 0 Å². The molecule has 21 heavy (non-hydrogen) atoms. The van der Waals surface area contributed by atoms with Crippen LogP contribution in [0, 0.1) is 0 Å². The van der Waals surface area contributed by atoms with Crippen LogP contribution in [0.3, 0.4) is 0 Å². The van der Waals surface area contributed by atoms with Crippen LogP contribution < -0.4 is 10.6 Å². The van der Waals surface area contributed by atoms with E-state index in [2.05, 4.69) is 22.8 Å². The minimum atomic E-state index is 0.116. The first-order valence-corrected chi connectivity index (χ1v) is 8.97. The molecule has 3 rings (SSSR count). The van der Waals surface area contributed by atoms with Crippen LogP contribution in [0.1, 0.15) is 44.9 Å². The highest BCUT2D eigenvalue weighted by atomic mass is 32.2. The Morgan fingerprint density at radius 2 is 1.90 bits per heavy atom. The maximum absolute atomic E-state index is 12.0. The zero-order valence-corrected chi connectivity index (χ0v) is 13.3. The van der Waals surface area contributed by atoms with E-state index in [1.807, 2.05) is 23.9 Å². The summed E-state index contributed by atoms with van der Waals surface area (Å²) in [6.07, 6.45) is 8.32. The predicted molar refractivity (Wildman–Crippen MR) is 88.8 cm³/mol. The standard InChI is InChI=1S/C17H24N2OS/c20-17(12-14-4-3-11-18-14)19-13-7-9-16(10-8-13)21-15-5-1-2-6-15/h7-10,14-15,18H,1-6,11-12H2,(H,19,20). The molecule has 0 radical (unpaired) electrons. The van der Waals surface area contributed by atoms with Gasteiger partial charge in [-0.3, -0.25) is 4.79 Å². The van der Waals surface area contributed by atoms with E-state index in [1.54, 1.807) is 0 Å². The normalized spacial score (nSPS) is 22.6. The summed E-state index contributed by atoms with van der Waals surface area (Å²) in [6.45, 7) is 1.05. The van der Waals surface area contributed by atoms with Gasteiger partial charge in [-0.1, -0.05) is 12.8 Å². The fourth-order valence-electron chi connectivity index (χ4n) is 3.18. The van der Waals surface area contributed by atoms with Gasteiger partial charge in [0.25, 0.3) is 0 Å². The second-order valence-corrected chi connectivity index (χ2v) is 7.47. The lowest BCUT2D eigenvalue weighted by atomic mass is 10.1. The molecule has 2 fully saturated rings. The first kappa shape index (κ1) is 14.9. The molecule has 2 N–H and O–H groups in total. The molecule has 1 saturated carbocycles. The van der Waals surface area contributed by atoms with E-state index in [-0.39, 0.29) is 5.91 Å². The second kappa shape index (κ2) is 7.32. The minimum absolute atomic E-state index is 0.116. The van der Waals surface area contributed by atoms with Crippen molar-refractivity contribution in [2.24, 2.45) is 0 Å². The molecule has 1 heterocycles. The summed E-state index contributed by atoms with van der Waals surface area (Å²) in [7, 11) is 0. The zero-order chi connectivity index (χ0) is 14.5. The van der Waals surface area contributed by atoms with Gasteiger partial charge in [-0.25, -0.2) is 0 Å². The highest BCUT2D eigenvalue weighted by Gasteiger charge is 2.18. The van der Waals surface area contributed by atoms with Crippen molar-refractivity contribution in [3.8, 4) is 0 Å². The molecule has 1 amide bonds. The Bertz CT molecular complexity index is 462. The molecule has 1 aromatic rings. The molecule has 114 valence electrons. The average molecular weight is 304 g/mol. The third-order valence-electron chi connectivity index (χ3n) is 4.34. The first-order chi connectivity index (χ1) is 10.3. The third-order valence-corrected chi connectivity index (χ3v) is 5.69. The minimum Gasteiger partial charge on any atom is -0.326 e. The third kappa shape index (κ3) is 4.48. The number of nitrogens with one attached hydrogen (secondary N) is 2. The van der Waals surface area contributed by atoms with E-state index in [1.165, 1.54) is 37.0 Å². The highest BCUT2D eigenvalue weighted by molar-refractivity contribution is 8.00. The van der Waals surface area contributed by atoms with Crippen LogP contribution in [0.4, 0.5) is 5.69 Å². The quantitative estimate of drug-likeness (QED) is 0.869. The summed E-state index contributed by atoms with van der Waals surface area (Å²) in [5, 5.41) is 7.15. The molecule has 4 heteroatoms. The van der Waals surface area contributed by atoms with Gasteiger partial charge in [-0.15, -0.1) is 11.8 Å². The van der Waals surface area contributed by atoms with Crippen molar-refractivity contribution in [3.05, 3.63) is 24.3 Å². The maximum atomic E-state index is 12.0. The van der Waals surface area contributed by atoms with Gasteiger partial charge in [0.1, 0.15) is 0 Å². The van der Waals surface area contributed by atoms with Crippen molar-refractivity contribution in [3.63, 3.8) is 0 Å². The largest absolute Gasteiger partial charge is 0.326 e. The summed E-state index contributed by atoms with van der Waals surface area (Å²) >= 11 is 1.98. The first-order valence-electron chi connectivity index (χ1n) is 8.09. The van der Waals surface area contributed by atoms with E-state index < -0.39 is 0 Å². The van der Waals surface area contributed by atoms with Gasteiger partial charge in [0.05, 0.1) is 0 Å². The summed E-state index contributed by atoms with van der Waals surface area (Å²) in [6, 6.07) is 8.68. The molecule has 3 nitrogen and oxygen atoms in total. The van der Waals surface area contributed by atoms with Gasteiger partial charge in [0.2, 0.25) is 5.91 Å². The Hall–Kier alpha value is -1.00. The Labute approximate surface area is 131 Å². The van der Waals surface area contributed by atoms with Gasteiger partial charge in [-0.05, 0) is 56.5 Å². The Morgan fingerprint density at radius 1 is 1.14 bits per heavy atom. The molecule has 0 bridgehead atoms. The summed E-state index contributed by atoms with van der Waals surface area (Å²) in [5.74, 6) is 0.116. The van der Waals surface area contributed by atoms with Crippen LogP contribution in [0.25, 0.3) is 0 Å². The Balaban J connectivity index is 1.47. The molecule has 0 spiro atoms. The fourth-order valence-corrected chi connectivity index (χ4v) is 4.43. The Morgan fingerprint density at radius 3 is 2.57 bits per heavy atom. The van der Waals surface area contributed by atoms with Gasteiger partial charge < -0.3 is 10.6 Å². The number of carbonyl (C=O) groups excluding carboxylic acids is 1. The molecule has 1 unspecified atom stereocenters. The monoisotopic (exact) mass is 304 g/mol. The summed E-state index contributed by atoms with van der Waals surface area (Å²) in [4.78, 5) is 13.3. The predicted octanol–water partition coefficient (Wildman–Crippen LogP) is 3.80. The van der Waals surface area contributed by atoms with Gasteiger partial charge in [0, 0.05) is 28.3 Å². The van der Waals surface area contributed by atoms with Crippen LogP contribution in [-0.4, -0.2) is 23.7 Å². The van der Waals surface area contributed by atoms with Gasteiger partial charge in [0.15, 0.2) is 0 Å². The number of rotatable bonds is 5. The number of anilines is 1. The molecule has 1 aromatic carbocycles. The van der Waals surface area contributed by atoms with Crippen molar-refractivity contribution in [1.82, 2.24) is 5.32 Å². The number of benzene rings is 1. The van der Waals surface area contributed by atoms with E-state index in [0.29, 0.717) is 12.5 Å². The number of carbonyl (C=O) groups is 1. The molecule has 1 aliphatic heterocycles. The molecule has 1 saturated heterocycles. The summed E-state index contributed by atoms with van der Waals surface area (Å²) in [5.41, 5.74) is 0.911. The van der Waals surface area contributed by atoms with E-state index in [0.717, 1.165) is 23.9 Å². The van der Waals surface area contributed by atoms with Crippen molar-refractivity contribution in [1.29, 1.82) is 0 Å². The van der Waals surface area contributed by atoms with Crippen molar-refractivity contribution in [2.45, 2.75) is 61.1 Å². The van der Waals surface area contributed by atoms with E-state index >= 15 is 0 Å². The molecular formula is C17H24N2OS. The molecular weight excluding hydrogens is 280 g/mol. The highest BCUT2D eigenvalue weighted by Crippen LogP contribution is 2.34. The van der Waals surface area contributed by atoms with Gasteiger partial charge in [-0.2, -0.15) is 0 Å². The van der Waals surface area contributed by atoms with Gasteiger partial charge >= 0.3 is 0 Å². The summed E-state index contributed by atoms with van der Waals surface area (Å²) < 4.78 is 0. The topological polar surface area (TPSA) is 41.1 Å². The lowest BCUT2D eigenvalue weighted by Gasteiger charge is -2.12. The molecule has 1 aliphatic carbocycles. The number of thioether (sulfide) groups is 1. The maximum Gasteiger partial charge on any atom is 0.225 e. The smallest absolute Gasteiger partial charge is 0.225 e. The lowest BCUT2D eigenvalue weighted by Crippen LogP contribution is -2.27. The van der Waals surface area contributed by atoms with Crippen molar-refractivity contribution >= 4 is 23.4 Å².